The van der Waals surface area contributed by atoms with Gasteiger partial charge in [0.05, 0.1) is 11.0 Å². The second-order valence-corrected chi connectivity index (χ2v) is 5.55. The van der Waals surface area contributed by atoms with Crippen LogP contribution in [0.3, 0.4) is 0 Å². The summed E-state index contributed by atoms with van der Waals surface area (Å²) in [6.45, 7) is 5.29. The van der Waals surface area contributed by atoms with Crippen LogP contribution in [0.4, 0.5) is 5.69 Å². The monoisotopic (exact) mass is 279 g/mol. The lowest BCUT2D eigenvalue weighted by Crippen LogP contribution is -2.05. The highest BCUT2D eigenvalue weighted by atomic mass is 15.1. The van der Waals surface area contributed by atoms with Gasteiger partial charge in [-0.25, -0.2) is 4.98 Å². The highest BCUT2D eigenvalue weighted by Crippen LogP contribution is 2.22. The minimum atomic E-state index is 0.778. The van der Waals surface area contributed by atoms with E-state index in [1.54, 1.807) is 0 Å². The molecular formula is C18H21N3. The summed E-state index contributed by atoms with van der Waals surface area (Å²) in [6, 6.07) is 14.5. The minimum Gasteiger partial charge on any atom is -0.398 e. The average Bonchev–Trinajstić information content (AvgIpc) is 2.79. The van der Waals surface area contributed by atoms with Crippen LogP contribution in [0.25, 0.3) is 11.0 Å². The van der Waals surface area contributed by atoms with Crippen molar-refractivity contribution < 1.29 is 0 Å². The first-order valence-electron chi connectivity index (χ1n) is 7.48. The Kier molecular flexibility index (Phi) is 3.65. The van der Waals surface area contributed by atoms with Crippen molar-refractivity contribution in [1.82, 2.24) is 9.55 Å². The van der Waals surface area contributed by atoms with Gasteiger partial charge in [0.1, 0.15) is 5.82 Å². The van der Waals surface area contributed by atoms with Gasteiger partial charge in [-0.2, -0.15) is 0 Å². The molecular weight excluding hydrogens is 258 g/mol. The zero-order chi connectivity index (χ0) is 14.8. The van der Waals surface area contributed by atoms with Crippen molar-refractivity contribution in [2.75, 3.05) is 5.73 Å². The maximum absolute atomic E-state index is 6.07. The van der Waals surface area contributed by atoms with Crippen LogP contribution in [0.15, 0.2) is 42.5 Å². The number of aryl methyl sites for hydroxylation is 2. The first kappa shape index (κ1) is 13.7. The number of hydrogen-bond acceptors (Lipinski definition) is 2. The molecule has 0 aliphatic heterocycles. The molecule has 0 aliphatic rings. The van der Waals surface area contributed by atoms with Gasteiger partial charge in [0, 0.05) is 18.7 Å². The molecule has 0 bridgehead atoms. The molecule has 0 atom stereocenters. The van der Waals surface area contributed by atoms with E-state index < -0.39 is 0 Å². The summed E-state index contributed by atoms with van der Waals surface area (Å²) >= 11 is 0. The molecule has 108 valence electrons. The van der Waals surface area contributed by atoms with E-state index in [-0.39, 0.29) is 0 Å². The van der Waals surface area contributed by atoms with E-state index in [2.05, 4.69) is 42.7 Å². The SMILES string of the molecule is CCCn1c(Cc2ccccc2N)nc2cc(C)ccc21. The molecule has 0 radical (unpaired) electrons. The number of imidazole rings is 1. The molecule has 1 aromatic heterocycles. The van der Waals surface area contributed by atoms with Crippen molar-refractivity contribution in [3.05, 3.63) is 59.4 Å². The highest BCUT2D eigenvalue weighted by molar-refractivity contribution is 5.77. The summed E-state index contributed by atoms with van der Waals surface area (Å²) < 4.78 is 2.32. The van der Waals surface area contributed by atoms with Gasteiger partial charge < -0.3 is 10.3 Å². The summed E-state index contributed by atoms with van der Waals surface area (Å²) in [5.41, 5.74) is 11.6. The van der Waals surface area contributed by atoms with E-state index >= 15 is 0 Å². The van der Waals surface area contributed by atoms with Crippen LogP contribution in [0.2, 0.25) is 0 Å². The van der Waals surface area contributed by atoms with Gasteiger partial charge in [0.25, 0.3) is 0 Å². The first-order valence-corrected chi connectivity index (χ1v) is 7.48. The third kappa shape index (κ3) is 2.64. The fourth-order valence-corrected chi connectivity index (χ4v) is 2.76. The molecule has 0 saturated carbocycles. The molecule has 3 rings (SSSR count). The number of nitrogens with two attached hydrogens (primary N) is 1. The number of nitrogens with zero attached hydrogens (tertiary/aromatic N) is 2. The normalized spacial score (nSPS) is 11.1. The molecule has 0 fully saturated rings. The Morgan fingerprint density at radius 1 is 1.14 bits per heavy atom. The third-order valence-corrected chi connectivity index (χ3v) is 3.83. The van der Waals surface area contributed by atoms with Gasteiger partial charge in [-0.15, -0.1) is 0 Å². The van der Waals surface area contributed by atoms with E-state index in [0.717, 1.165) is 42.0 Å². The second kappa shape index (κ2) is 5.60. The summed E-state index contributed by atoms with van der Waals surface area (Å²) in [5.74, 6) is 1.09. The number of anilines is 1. The maximum atomic E-state index is 6.07. The Bertz CT molecular complexity index is 771. The lowest BCUT2D eigenvalue weighted by Gasteiger charge is -2.09. The third-order valence-electron chi connectivity index (χ3n) is 3.83. The number of aromatic nitrogens is 2. The van der Waals surface area contributed by atoms with E-state index in [4.69, 9.17) is 10.7 Å². The van der Waals surface area contributed by atoms with Gasteiger partial charge >= 0.3 is 0 Å². The van der Waals surface area contributed by atoms with Crippen LogP contribution in [-0.2, 0) is 13.0 Å². The average molecular weight is 279 g/mol. The predicted molar refractivity (Wildman–Crippen MR) is 88.4 cm³/mol. The predicted octanol–water partition coefficient (Wildman–Crippen LogP) is 3.93. The van der Waals surface area contributed by atoms with Crippen molar-refractivity contribution in [2.24, 2.45) is 0 Å². The van der Waals surface area contributed by atoms with Crippen LogP contribution in [0.1, 0.15) is 30.3 Å². The first-order chi connectivity index (χ1) is 10.2. The van der Waals surface area contributed by atoms with Crippen LogP contribution < -0.4 is 5.73 Å². The highest BCUT2D eigenvalue weighted by Gasteiger charge is 2.11. The van der Waals surface area contributed by atoms with Gasteiger partial charge in [0.2, 0.25) is 0 Å². The van der Waals surface area contributed by atoms with Crippen LogP contribution in [-0.4, -0.2) is 9.55 Å². The molecule has 2 aromatic carbocycles. The second-order valence-electron chi connectivity index (χ2n) is 5.55. The van der Waals surface area contributed by atoms with Crippen LogP contribution >= 0.6 is 0 Å². The van der Waals surface area contributed by atoms with E-state index in [9.17, 15) is 0 Å². The standard InChI is InChI=1S/C18H21N3/c1-3-10-21-17-9-8-13(2)11-16(17)20-18(21)12-14-6-4-5-7-15(14)19/h4-9,11H,3,10,12,19H2,1-2H3. The fourth-order valence-electron chi connectivity index (χ4n) is 2.76. The smallest absolute Gasteiger partial charge is 0.114 e. The van der Waals surface area contributed by atoms with Gasteiger partial charge in [0.15, 0.2) is 0 Å². The topological polar surface area (TPSA) is 43.8 Å². The largest absolute Gasteiger partial charge is 0.398 e. The van der Waals surface area contributed by atoms with E-state index in [1.807, 2.05) is 18.2 Å². The van der Waals surface area contributed by atoms with Crippen molar-refractivity contribution in [3.63, 3.8) is 0 Å². The fraction of sp³-hybridized carbons (Fsp3) is 0.278. The summed E-state index contributed by atoms with van der Waals surface area (Å²) in [7, 11) is 0. The molecule has 0 unspecified atom stereocenters. The zero-order valence-corrected chi connectivity index (χ0v) is 12.6. The zero-order valence-electron chi connectivity index (χ0n) is 12.6. The summed E-state index contributed by atoms with van der Waals surface area (Å²) in [6.07, 6.45) is 1.87. The number of benzene rings is 2. The number of hydrogen-bond donors (Lipinski definition) is 1. The lowest BCUT2D eigenvalue weighted by molar-refractivity contribution is 0.664. The summed E-state index contributed by atoms with van der Waals surface area (Å²) in [5, 5.41) is 0. The van der Waals surface area contributed by atoms with Crippen molar-refractivity contribution >= 4 is 16.7 Å². The van der Waals surface area contributed by atoms with E-state index in [0.29, 0.717) is 0 Å². The molecule has 0 saturated heterocycles. The lowest BCUT2D eigenvalue weighted by atomic mass is 10.1. The minimum absolute atomic E-state index is 0.778. The van der Waals surface area contributed by atoms with Crippen molar-refractivity contribution in [1.29, 1.82) is 0 Å². The number of para-hydroxylation sites is 1. The Balaban J connectivity index is 2.08. The van der Waals surface area contributed by atoms with Crippen LogP contribution in [0, 0.1) is 6.92 Å². The Morgan fingerprint density at radius 2 is 1.95 bits per heavy atom. The molecule has 3 aromatic rings. The Hall–Kier alpha value is -2.29. The van der Waals surface area contributed by atoms with Gasteiger partial charge in [-0.1, -0.05) is 31.2 Å². The molecule has 3 heteroatoms. The van der Waals surface area contributed by atoms with E-state index in [1.165, 1.54) is 11.1 Å². The Labute approximate surface area is 125 Å². The summed E-state index contributed by atoms with van der Waals surface area (Å²) in [4.78, 5) is 4.84. The number of fused-ring (bicyclic) bond motifs is 1. The number of rotatable bonds is 4. The molecule has 0 amide bonds. The maximum Gasteiger partial charge on any atom is 0.114 e. The number of nitrogen functional groups attached to an aromatic ring is 1. The van der Waals surface area contributed by atoms with Crippen LogP contribution in [0.5, 0.6) is 0 Å². The van der Waals surface area contributed by atoms with Crippen molar-refractivity contribution in [3.8, 4) is 0 Å². The van der Waals surface area contributed by atoms with Gasteiger partial charge in [-0.05, 0) is 42.7 Å². The molecule has 3 nitrogen and oxygen atoms in total. The van der Waals surface area contributed by atoms with Gasteiger partial charge in [-0.3, -0.25) is 0 Å². The molecule has 21 heavy (non-hydrogen) atoms. The quantitative estimate of drug-likeness (QED) is 0.735. The molecule has 1 heterocycles. The molecule has 0 aliphatic carbocycles. The van der Waals surface area contributed by atoms with Crippen molar-refractivity contribution in [2.45, 2.75) is 33.2 Å². The molecule has 2 N–H and O–H groups in total. The Morgan fingerprint density at radius 3 is 2.71 bits per heavy atom. The molecule has 0 spiro atoms.